The zero-order valence-corrected chi connectivity index (χ0v) is 11.1. The van der Waals surface area contributed by atoms with Crippen molar-refractivity contribution in [2.24, 2.45) is 0 Å². The van der Waals surface area contributed by atoms with E-state index in [4.69, 9.17) is 4.74 Å². The number of carbonyl (C=O) groups is 1. The normalized spacial score (nSPS) is 10.0. The monoisotopic (exact) mass is 320 g/mol. The van der Waals surface area contributed by atoms with Crippen LogP contribution < -0.4 is 4.74 Å². The van der Waals surface area contributed by atoms with Gasteiger partial charge in [0.15, 0.2) is 5.78 Å². The minimum atomic E-state index is 0.0632. The molecule has 76 valence electrons. The molecule has 0 fully saturated rings. The number of hydrogen-bond donors (Lipinski definition) is 0. The van der Waals surface area contributed by atoms with E-state index in [1.54, 1.807) is 13.2 Å². The minimum Gasteiger partial charge on any atom is -0.496 e. The number of ketones is 1. The lowest BCUT2D eigenvalue weighted by Crippen LogP contribution is -2.03. The molecule has 0 spiro atoms. The molecule has 14 heavy (non-hydrogen) atoms. The van der Waals surface area contributed by atoms with Gasteiger partial charge < -0.3 is 4.74 Å². The Morgan fingerprint density at radius 2 is 2.14 bits per heavy atom. The Kier molecular flexibility index (Phi) is 4.13. The van der Waals surface area contributed by atoms with Gasteiger partial charge in [-0.15, -0.1) is 0 Å². The van der Waals surface area contributed by atoms with E-state index in [1.165, 1.54) is 0 Å². The topological polar surface area (TPSA) is 26.3 Å². The molecule has 0 aliphatic heterocycles. The van der Waals surface area contributed by atoms with Gasteiger partial charge in [0.25, 0.3) is 0 Å². The van der Waals surface area contributed by atoms with Gasteiger partial charge in [-0.3, -0.25) is 4.79 Å². The van der Waals surface area contributed by atoms with E-state index >= 15 is 0 Å². The van der Waals surface area contributed by atoms with E-state index in [1.807, 2.05) is 13.0 Å². The second-order valence-corrected chi connectivity index (χ2v) is 4.27. The van der Waals surface area contributed by atoms with E-state index in [2.05, 4.69) is 31.9 Å². The molecule has 0 saturated heterocycles. The fraction of sp³-hybridized carbons (Fsp3) is 0.300. The third kappa shape index (κ3) is 2.36. The van der Waals surface area contributed by atoms with Crippen molar-refractivity contribution in [2.75, 3.05) is 12.4 Å². The van der Waals surface area contributed by atoms with Gasteiger partial charge in [-0.2, -0.15) is 0 Å². The highest BCUT2D eigenvalue weighted by atomic mass is 79.9. The first-order chi connectivity index (χ1) is 6.60. The van der Waals surface area contributed by atoms with Crippen LogP contribution in [0.1, 0.15) is 15.9 Å². The lowest BCUT2D eigenvalue weighted by molar-refractivity contribution is 0.102. The summed E-state index contributed by atoms with van der Waals surface area (Å²) < 4.78 is 5.99. The average Bonchev–Trinajstić information content (AvgIpc) is 2.17. The molecule has 1 rings (SSSR count). The summed E-state index contributed by atoms with van der Waals surface area (Å²) in [4.78, 5) is 11.5. The van der Waals surface area contributed by atoms with Gasteiger partial charge >= 0.3 is 0 Å². The number of benzene rings is 1. The summed E-state index contributed by atoms with van der Waals surface area (Å²) in [5.74, 6) is 0.744. The standard InChI is InChI=1S/C10H10Br2O2/c1-6-3-8(12)10(14-2)4-7(6)9(13)5-11/h3-4H,5H2,1-2H3. The SMILES string of the molecule is COc1cc(C(=O)CBr)c(C)cc1Br. The van der Waals surface area contributed by atoms with Crippen molar-refractivity contribution in [1.82, 2.24) is 0 Å². The largest absolute Gasteiger partial charge is 0.496 e. The number of halogens is 2. The summed E-state index contributed by atoms with van der Waals surface area (Å²) in [5.41, 5.74) is 1.64. The van der Waals surface area contributed by atoms with Crippen LogP contribution in [0.2, 0.25) is 0 Å². The first-order valence-corrected chi connectivity index (χ1v) is 5.95. The van der Waals surface area contributed by atoms with Crippen molar-refractivity contribution in [1.29, 1.82) is 0 Å². The molecule has 1 aromatic carbocycles. The maximum Gasteiger partial charge on any atom is 0.173 e. The van der Waals surface area contributed by atoms with Gasteiger partial charge in [-0.25, -0.2) is 0 Å². The fourth-order valence-corrected chi connectivity index (χ4v) is 2.10. The molecule has 0 aromatic heterocycles. The molecule has 0 N–H and O–H groups in total. The fourth-order valence-electron chi connectivity index (χ4n) is 1.18. The van der Waals surface area contributed by atoms with E-state index in [-0.39, 0.29) is 5.78 Å². The molecule has 0 aliphatic carbocycles. The Hall–Kier alpha value is -0.350. The third-order valence-corrected chi connectivity index (χ3v) is 3.05. The Morgan fingerprint density at radius 1 is 1.50 bits per heavy atom. The van der Waals surface area contributed by atoms with Crippen molar-refractivity contribution >= 4 is 37.6 Å². The number of alkyl halides is 1. The van der Waals surface area contributed by atoms with Gasteiger partial charge in [0.1, 0.15) is 5.75 Å². The van der Waals surface area contributed by atoms with E-state index in [0.29, 0.717) is 16.6 Å². The molecule has 0 heterocycles. The number of rotatable bonds is 3. The summed E-state index contributed by atoms with van der Waals surface area (Å²) in [6.45, 7) is 1.90. The Morgan fingerprint density at radius 3 is 2.64 bits per heavy atom. The zero-order valence-electron chi connectivity index (χ0n) is 7.93. The summed E-state index contributed by atoms with van der Waals surface area (Å²) in [6.07, 6.45) is 0. The molecule has 0 unspecified atom stereocenters. The van der Waals surface area contributed by atoms with Crippen LogP contribution in [0.15, 0.2) is 16.6 Å². The molecule has 0 aliphatic rings. The van der Waals surface area contributed by atoms with Gasteiger partial charge in [-0.05, 0) is 40.5 Å². The quantitative estimate of drug-likeness (QED) is 0.630. The van der Waals surface area contributed by atoms with Crippen LogP contribution in [-0.2, 0) is 0 Å². The van der Waals surface area contributed by atoms with Gasteiger partial charge in [0, 0.05) is 5.56 Å². The minimum absolute atomic E-state index is 0.0632. The lowest BCUT2D eigenvalue weighted by Gasteiger charge is -2.08. The van der Waals surface area contributed by atoms with E-state index in [9.17, 15) is 4.79 Å². The first kappa shape index (κ1) is 11.7. The van der Waals surface area contributed by atoms with Crippen LogP contribution in [0.4, 0.5) is 0 Å². The predicted octanol–water partition coefficient (Wildman–Crippen LogP) is 3.34. The summed E-state index contributed by atoms with van der Waals surface area (Å²) in [6, 6.07) is 3.64. The average molecular weight is 322 g/mol. The zero-order chi connectivity index (χ0) is 10.7. The number of methoxy groups -OCH3 is 1. The van der Waals surface area contributed by atoms with Crippen molar-refractivity contribution in [2.45, 2.75) is 6.92 Å². The number of ether oxygens (including phenoxy) is 1. The van der Waals surface area contributed by atoms with Gasteiger partial charge in [0.2, 0.25) is 0 Å². The first-order valence-electron chi connectivity index (χ1n) is 4.03. The molecule has 0 atom stereocenters. The summed E-state index contributed by atoms with van der Waals surface area (Å²) >= 11 is 6.51. The van der Waals surface area contributed by atoms with Crippen molar-refractivity contribution in [3.63, 3.8) is 0 Å². The molecule has 0 amide bonds. The molecule has 0 radical (unpaired) electrons. The third-order valence-electron chi connectivity index (χ3n) is 1.92. The van der Waals surface area contributed by atoms with Crippen LogP contribution in [-0.4, -0.2) is 18.2 Å². The Bertz CT molecular complexity index is 361. The number of carbonyl (C=O) groups excluding carboxylic acids is 1. The van der Waals surface area contributed by atoms with E-state index in [0.717, 1.165) is 10.0 Å². The summed E-state index contributed by atoms with van der Waals surface area (Å²) in [5, 5.41) is 0.332. The summed E-state index contributed by atoms with van der Waals surface area (Å²) in [7, 11) is 1.58. The van der Waals surface area contributed by atoms with Crippen molar-refractivity contribution in [3.8, 4) is 5.75 Å². The van der Waals surface area contributed by atoms with Crippen LogP contribution in [0.5, 0.6) is 5.75 Å². The maximum absolute atomic E-state index is 11.5. The van der Waals surface area contributed by atoms with Crippen LogP contribution in [0.25, 0.3) is 0 Å². The second-order valence-electron chi connectivity index (χ2n) is 2.86. The molecule has 4 heteroatoms. The van der Waals surface area contributed by atoms with Crippen LogP contribution >= 0.6 is 31.9 Å². The highest BCUT2D eigenvalue weighted by molar-refractivity contribution is 9.10. The van der Waals surface area contributed by atoms with Crippen molar-refractivity contribution < 1.29 is 9.53 Å². The van der Waals surface area contributed by atoms with Crippen molar-refractivity contribution in [3.05, 3.63) is 27.7 Å². The smallest absolute Gasteiger partial charge is 0.173 e. The Balaban J connectivity index is 3.24. The highest BCUT2D eigenvalue weighted by Gasteiger charge is 2.11. The lowest BCUT2D eigenvalue weighted by atomic mass is 10.1. The van der Waals surface area contributed by atoms with Crippen LogP contribution in [0.3, 0.4) is 0 Å². The van der Waals surface area contributed by atoms with E-state index < -0.39 is 0 Å². The second kappa shape index (κ2) is 4.94. The predicted molar refractivity (Wildman–Crippen MR) is 63.6 cm³/mol. The number of aryl methyl sites for hydroxylation is 1. The highest BCUT2D eigenvalue weighted by Crippen LogP contribution is 2.28. The molecular formula is C10H10Br2O2. The number of hydrogen-bond acceptors (Lipinski definition) is 2. The molecule has 1 aromatic rings. The molecule has 0 bridgehead atoms. The van der Waals surface area contributed by atoms with Gasteiger partial charge in [0.05, 0.1) is 16.9 Å². The number of Topliss-reactive ketones (excluding diaryl/α,β-unsaturated/α-hetero) is 1. The molecule has 0 saturated carbocycles. The Labute approximate surface area is 99.9 Å². The van der Waals surface area contributed by atoms with Crippen LogP contribution in [0, 0.1) is 6.92 Å². The maximum atomic E-state index is 11.5. The molecular weight excluding hydrogens is 312 g/mol. The van der Waals surface area contributed by atoms with Gasteiger partial charge in [-0.1, -0.05) is 15.9 Å². The molecule has 2 nitrogen and oxygen atoms in total.